The zero-order valence-corrected chi connectivity index (χ0v) is 15.7. The van der Waals surface area contributed by atoms with Gasteiger partial charge in [0.2, 0.25) is 11.8 Å². The van der Waals surface area contributed by atoms with Crippen LogP contribution in [0.25, 0.3) is 0 Å². The number of likely N-dealkylation sites (tertiary alicyclic amines) is 1. The minimum Gasteiger partial charge on any atom is -0.452 e. The first-order valence-electron chi connectivity index (χ1n) is 9.23. The SMILES string of the molecule is C[C@@H](OC(=O)CCN1C(=O)[C@H]2CC=CC[C@@H]2C1=O)C(=O)Nc1cc(F)ccc1F. The number of hydrogen-bond donors (Lipinski definition) is 1. The summed E-state index contributed by atoms with van der Waals surface area (Å²) in [7, 11) is 0. The number of rotatable bonds is 6. The molecule has 154 valence electrons. The fourth-order valence-electron chi connectivity index (χ4n) is 3.43. The number of allylic oxidation sites excluding steroid dienone is 2. The van der Waals surface area contributed by atoms with E-state index in [1.54, 1.807) is 0 Å². The molecule has 2 aliphatic rings. The van der Waals surface area contributed by atoms with Gasteiger partial charge in [-0.3, -0.25) is 24.1 Å². The van der Waals surface area contributed by atoms with Gasteiger partial charge in [0.25, 0.3) is 5.91 Å². The molecule has 1 aliphatic heterocycles. The summed E-state index contributed by atoms with van der Waals surface area (Å²) in [5, 5.41) is 2.14. The molecule has 1 saturated heterocycles. The van der Waals surface area contributed by atoms with E-state index in [2.05, 4.69) is 5.32 Å². The van der Waals surface area contributed by atoms with Gasteiger partial charge in [0.15, 0.2) is 6.10 Å². The van der Waals surface area contributed by atoms with Gasteiger partial charge in [-0.05, 0) is 31.9 Å². The molecule has 0 aromatic heterocycles. The quantitative estimate of drug-likeness (QED) is 0.444. The van der Waals surface area contributed by atoms with Crippen molar-refractivity contribution in [2.45, 2.75) is 32.3 Å². The Balaban J connectivity index is 1.50. The van der Waals surface area contributed by atoms with E-state index in [9.17, 15) is 28.0 Å². The van der Waals surface area contributed by atoms with E-state index >= 15 is 0 Å². The van der Waals surface area contributed by atoms with Crippen LogP contribution in [0, 0.1) is 23.5 Å². The van der Waals surface area contributed by atoms with E-state index in [4.69, 9.17) is 4.74 Å². The number of halogens is 2. The Morgan fingerprint density at radius 3 is 2.41 bits per heavy atom. The number of hydrogen-bond acceptors (Lipinski definition) is 5. The van der Waals surface area contributed by atoms with Crippen LogP contribution in [0.5, 0.6) is 0 Å². The number of carbonyl (C=O) groups is 4. The summed E-state index contributed by atoms with van der Waals surface area (Å²) >= 11 is 0. The van der Waals surface area contributed by atoms with Gasteiger partial charge < -0.3 is 10.1 Å². The van der Waals surface area contributed by atoms with Gasteiger partial charge in [-0.15, -0.1) is 0 Å². The number of ether oxygens (including phenoxy) is 1. The molecule has 1 heterocycles. The smallest absolute Gasteiger partial charge is 0.308 e. The zero-order valence-electron chi connectivity index (χ0n) is 15.7. The van der Waals surface area contributed by atoms with Crippen molar-refractivity contribution in [2.75, 3.05) is 11.9 Å². The molecule has 0 saturated carbocycles. The number of anilines is 1. The summed E-state index contributed by atoms with van der Waals surface area (Å²) in [6.45, 7) is 1.15. The van der Waals surface area contributed by atoms with Crippen molar-refractivity contribution in [3.63, 3.8) is 0 Å². The second-order valence-corrected chi connectivity index (χ2v) is 6.98. The Bertz CT molecular complexity index is 860. The van der Waals surface area contributed by atoms with Crippen molar-refractivity contribution in [1.29, 1.82) is 0 Å². The van der Waals surface area contributed by atoms with Crippen LogP contribution in [0.1, 0.15) is 26.2 Å². The topological polar surface area (TPSA) is 92.8 Å². The second-order valence-electron chi connectivity index (χ2n) is 6.98. The van der Waals surface area contributed by atoms with Crippen molar-refractivity contribution < 1.29 is 32.7 Å². The minimum atomic E-state index is -1.28. The monoisotopic (exact) mass is 406 g/mol. The molecule has 1 N–H and O–H groups in total. The maximum Gasteiger partial charge on any atom is 0.308 e. The molecule has 9 heteroatoms. The van der Waals surface area contributed by atoms with Crippen LogP contribution < -0.4 is 5.32 Å². The van der Waals surface area contributed by atoms with Crippen LogP contribution in [-0.2, 0) is 23.9 Å². The van der Waals surface area contributed by atoms with Gasteiger partial charge in [0.05, 0.1) is 23.9 Å². The number of imide groups is 1. The zero-order chi connectivity index (χ0) is 21.1. The fourth-order valence-corrected chi connectivity index (χ4v) is 3.43. The van der Waals surface area contributed by atoms with Gasteiger partial charge in [-0.1, -0.05) is 12.2 Å². The van der Waals surface area contributed by atoms with Crippen LogP contribution in [0.4, 0.5) is 14.5 Å². The van der Waals surface area contributed by atoms with E-state index in [1.807, 2.05) is 12.2 Å². The van der Waals surface area contributed by atoms with E-state index in [-0.39, 0.29) is 42.3 Å². The average molecular weight is 406 g/mol. The Hall–Kier alpha value is -3.10. The highest BCUT2D eigenvalue weighted by atomic mass is 19.1. The molecule has 0 radical (unpaired) electrons. The summed E-state index contributed by atoms with van der Waals surface area (Å²) in [6.07, 6.45) is 3.20. The highest BCUT2D eigenvalue weighted by Gasteiger charge is 2.47. The first kappa shape index (κ1) is 20.6. The summed E-state index contributed by atoms with van der Waals surface area (Å²) in [5.74, 6) is -4.56. The Morgan fingerprint density at radius 2 is 1.79 bits per heavy atom. The second kappa shape index (κ2) is 8.50. The molecule has 1 aromatic rings. The van der Waals surface area contributed by atoms with Crippen molar-refractivity contribution in [1.82, 2.24) is 4.90 Å². The van der Waals surface area contributed by atoms with E-state index in [0.717, 1.165) is 23.1 Å². The van der Waals surface area contributed by atoms with Crippen LogP contribution >= 0.6 is 0 Å². The van der Waals surface area contributed by atoms with Crippen LogP contribution in [-0.4, -0.2) is 41.2 Å². The maximum atomic E-state index is 13.6. The van der Waals surface area contributed by atoms with Crippen LogP contribution in [0.2, 0.25) is 0 Å². The molecule has 0 bridgehead atoms. The molecule has 1 aliphatic carbocycles. The Morgan fingerprint density at radius 1 is 1.17 bits per heavy atom. The molecule has 1 aromatic carbocycles. The first-order valence-corrected chi connectivity index (χ1v) is 9.23. The summed E-state index contributed by atoms with van der Waals surface area (Å²) < 4.78 is 31.7. The third kappa shape index (κ3) is 4.49. The highest BCUT2D eigenvalue weighted by Crippen LogP contribution is 2.35. The van der Waals surface area contributed by atoms with Gasteiger partial charge >= 0.3 is 5.97 Å². The lowest BCUT2D eigenvalue weighted by Gasteiger charge is -2.16. The van der Waals surface area contributed by atoms with Gasteiger partial charge in [0.1, 0.15) is 11.6 Å². The number of nitrogens with zero attached hydrogens (tertiary/aromatic N) is 1. The summed E-state index contributed by atoms with van der Waals surface area (Å²) in [4.78, 5) is 49.8. The number of amides is 3. The molecule has 1 fully saturated rings. The average Bonchev–Trinajstić information content (AvgIpc) is 2.93. The summed E-state index contributed by atoms with van der Waals surface area (Å²) in [5.41, 5.74) is -0.373. The largest absolute Gasteiger partial charge is 0.452 e. The molecule has 3 atom stereocenters. The highest BCUT2D eigenvalue weighted by molar-refractivity contribution is 6.05. The number of fused-ring (bicyclic) bond motifs is 1. The molecule has 7 nitrogen and oxygen atoms in total. The third-order valence-corrected chi connectivity index (χ3v) is 5.00. The Labute approximate surface area is 165 Å². The first-order chi connectivity index (χ1) is 13.8. The molecule has 0 spiro atoms. The number of benzene rings is 1. The lowest BCUT2D eigenvalue weighted by Crippen LogP contribution is -2.35. The van der Waals surface area contributed by atoms with E-state index in [1.165, 1.54) is 6.92 Å². The molecule has 3 rings (SSSR count). The maximum absolute atomic E-state index is 13.6. The van der Waals surface area contributed by atoms with Crippen LogP contribution in [0.15, 0.2) is 30.4 Å². The number of carbonyl (C=O) groups excluding carboxylic acids is 4. The molecule has 0 unspecified atom stereocenters. The minimum absolute atomic E-state index is 0.129. The number of nitrogens with one attached hydrogen (secondary N) is 1. The van der Waals surface area contributed by atoms with Gasteiger partial charge in [-0.25, -0.2) is 8.78 Å². The predicted octanol–water partition coefficient (Wildman–Crippen LogP) is 2.18. The van der Waals surface area contributed by atoms with E-state index < -0.39 is 29.6 Å². The fraction of sp³-hybridized carbons (Fsp3) is 0.400. The van der Waals surface area contributed by atoms with Crippen molar-refractivity contribution >= 4 is 29.4 Å². The third-order valence-electron chi connectivity index (χ3n) is 5.00. The predicted molar refractivity (Wildman–Crippen MR) is 97.2 cm³/mol. The lowest BCUT2D eigenvalue weighted by molar-refractivity contribution is -0.154. The van der Waals surface area contributed by atoms with Crippen molar-refractivity contribution in [2.24, 2.45) is 11.8 Å². The van der Waals surface area contributed by atoms with Crippen molar-refractivity contribution in [3.8, 4) is 0 Å². The van der Waals surface area contributed by atoms with Gasteiger partial charge in [0, 0.05) is 12.6 Å². The molecular weight excluding hydrogens is 386 g/mol. The molecule has 29 heavy (non-hydrogen) atoms. The Kier molecular flexibility index (Phi) is 6.05. The summed E-state index contributed by atoms with van der Waals surface area (Å²) in [6, 6.07) is 2.57. The number of esters is 1. The normalized spacial score (nSPS) is 21.7. The lowest BCUT2D eigenvalue weighted by atomic mass is 9.85. The molecular formula is C20H20F2N2O5. The van der Waals surface area contributed by atoms with Crippen molar-refractivity contribution in [3.05, 3.63) is 42.0 Å². The van der Waals surface area contributed by atoms with E-state index in [0.29, 0.717) is 12.8 Å². The standard InChI is InChI=1S/C20H20F2N2O5/c1-11(18(26)23-16-10-12(21)6-7-15(16)22)29-17(25)8-9-24-19(27)13-4-2-3-5-14(13)20(24)28/h2-3,6-7,10-11,13-14H,4-5,8-9H2,1H3,(H,23,26)/t11-,13+,14+/m1/s1. The molecule has 3 amide bonds. The van der Waals surface area contributed by atoms with Crippen LogP contribution in [0.3, 0.4) is 0 Å². The van der Waals surface area contributed by atoms with Gasteiger partial charge in [-0.2, -0.15) is 0 Å².